The number of thiazole rings is 1. The van der Waals surface area contributed by atoms with Crippen molar-refractivity contribution in [2.45, 2.75) is 12.8 Å². The molecule has 7 nitrogen and oxygen atoms in total. The number of hydrogen-bond donors (Lipinski definition) is 2. The number of hydrogen-bond acceptors (Lipinski definition) is 5. The van der Waals surface area contributed by atoms with Gasteiger partial charge in [-0.2, -0.15) is 5.10 Å². The minimum Gasteiger partial charge on any atom is -0.326 e. The Hall–Kier alpha value is -3.00. The summed E-state index contributed by atoms with van der Waals surface area (Å²) in [5.41, 5.74) is 4.20. The summed E-state index contributed by atoms with van der Waals surface area (Å²) in [5.74, 6) is -0.192. The maximum atomic E-state index is 12.2. The Morgan fingerprint density at radius 2 is 2.20 bits per heavy atom. The van der Waals surface area contributed by atoms with Crippen LogP contribution in [-0.2, 0) is 18.3 Å². The molecule has 0 radical (unpaired) electrons. The zero-order valence-corrected chi connectivity index (χ0v) is 14.3. The summed E-state index contributed by atoms with van der Waals surface area (Å²) >= 11 is 1.37. The molecule has 3 heterocycles. The van der Waals surface area contributed by atoms with Gasteiger partial charge in [-0.1, -0.05) is 6.07 Å². The summed E-state index contributed by atoms with van der Waals surface area (Å²) in [6, 6.07) is 7.51. The minimum absolute atomic E-state index is 0.0501. The van der Waals surface area contributed by atoms with E-state index in [1.165, 1.54) is 16.0 Å². The first-order valence-corrected chi connectivity index (χ1v) is 8.66. The Morgan fingerprint density at radius 1 is 1.32 bits per heavy atom. The Morgan fingerprint density at radius 3 is 3.00 bits per heavy atom. The SMILES string of the molecule is Cn1nccc1C(=O)Nc1nc(-c2ccc3c(c2)CCC(=O)N3)cs1. The molecule has 8 heteroatoms. The zero-order chi connectivity index (χ0) is 17.4. The third-order valence-corrected chi connectivity index (χ3v) is 4.83. The van der Waals surface area contributed by atoms with Crippen molar-refractivity contribution >= 4 is 34.0 Å². The van der Waals surface area contributed by atoms with Crippen molar-refractivity contribution < 1.29 is 9.59 Å². The number of fused-ring (bicyclic) bond motifs is 1. The van der Waals surface area contributed by atoms with Crippen molar-refractivity contribution in [2.24, 2.45) is 7.05 Å². The molecule has 0 bridgehead atoms. The number of aryl methyl sites for hydroxylation is 2. The highest BCUT2D eigenvalue weighted by Gasteiger charge is 2.17. The van der Waals surface area contributed by atoms with Crippen LogP contribution in [0.4, 0.5) is 10.8 Å². The van der Waals surface area contributed by atoms with Crippen LogP contribution in [0.3, 0.4) is 0 Å². The summed E-state index contributed by atoms with van der Waals surface area (Å²) in [6.45, 7) is 0. The third kappa shape index (κ3) is 3.03. The maximum absolute atomic E-state index is 12.2. The van der Waals surface area contributed by atoms with Crippen LogP contribution in [0.15, 0.2) is 35.8 Å². The molecule has 2 N–H and O–H groups in total. The second-order valence-corrected chi connectivity index (χ2v) is 6.61. The van der Waals surface area contributed by atoms with E-state index in [2.05, 4.69) is 20.7 Å². The number of nitrogens with zero attached hydrogens (tertiary/aromatic N) is 3. The van der Waals surface area contributed by atoms with Crippen LogP contribution >= 0.6 is 11.3 Å². The molecule has 1 aromatic carbocycles. The lowest BCUT2D eigenvalue weighted by Crippen LogP contribution is -2.18. The first kappa shape index (κ1) is 15.5. The van der Waals surface area contributed by atoms with Gasteiger partial charge in [-0.25, -0.2) is 4.98 Å². The smallest absolute Gasteiger partial charge is 0.275 e. The van der Waals surface area contributed by atoms with Crippen LogP contribution in [0, 0.1) is 0 Å². The maximum Gasteiger partial charge on any atom is 0.275 e. The lowest BCUT2D eigenvalue weighted by atomic mass is 9.99. The first-order valence-electron chi connectivity index (χ1n) is 7.78. The van der Waals surface area contributed by atoms with E-state index in [4.69, 9.17) is 0 Å². The summed E-state index contributed by atoms with van der Waals surface area (Å²) in [7, 11) is 1.72. The third-order valence-electron chi connectivity index (χ3n) is 4.07. The Bertz CT molecular complexity index is 975. The number of amides is 2. The molecule has 0 saturated heterocycles. The standard InChI is InChI=1S/C17H15N5O2S/c1-22-14(6-7-18-22)16(24)21-17-20-13(9-25-17)11-2-4-12-10(8-11)3-5-15(23)19-12/h2,4,6-9H,3,5H2,1H3,(H,19,23)(H,20,21,24). The molecule has 3 aromatic rings. The van der Waals surface area contributed by atoms with Crippen molar-refractivity contribution in [3.63, 3.8) is 0 Å². The second-order valence-electron chi connectivity index (χ2n) is 5.75. The quantitative estimate of drug-likeness (QED) is 0.758. The highest BCUT2D eigenvalue weighted by Crippen LogP contribution is 2.30. The minimum atomic E-state index is -0.242. The van der Waals surface area contributed by atoms with Crippen LogP contribution in [0.2, 0.25) is 0 Å². The van der Waals surface area contributed by atoms with Gasteiger partial charge in [0.15, 0.2) is 5.13 Å². The molecule has 4 rings (SSSR count). The van der Waals surface area contributed by atoms with Gasteiger partial charge in [0.05, 0.1) is 5.69 Å². The molecule has 0 atom stereocenters. The molecule has 0 saturated carbocycles. The predicted molar refractivity (Wildman–Crippen MR) is 95.7 cm³/mol. The van der Waals surface area contributed by atoms with Gasteiger partial charge in [0.1, 0.15) is 5.69 Å². The van der Waals surface area contributed by atoms with Crippen molar-refractivity contribution in [1.82, 2.24) is 14.8 Å². The Balaban J connectivity index is 1.54. The van der Waals surface area contributed by atoms with E-state index in [9.17, 15) is 9.59 Å². The number of aromatic nitrogens is 3. The molecular weight excluding hydrogens is 338 g/mol. The Kier molecular flexibility index (Phi) is 3.81. The van der Waals surface area contributed by atoms with E-state index >= 15 is 0 Å². The fourth-order valence-electron chi connectivity index (χ4n) is 2.76. The highest BCUT2D eigenvalue weighted by atomic mass is 32.1. The van der Waals surface area contributed by atoms with E-state index in [0.29, 0.717) is 17.2 Å². The fourth-order valence-corrected chi connectivity index (χ4v) is 3.48. The van der Waals surface area contributed by atoms with Crippen LogP contribution < -0.4 is 10.6 Å². The number of nitrogens with one attached hydrogen (secondary N) is 2. The van der Waals surface area contributed by atoms with Crippen molar-refractivity contribution in [3.05, 3.63) is 47.1 Å². The zero-order valence-electron chi connectivity index (χ0n) is 13.4. The molecular formula is C17H15N5O2S. The van der Waals surface area contributed by atoms with E-state index in [1.54, 1.807) is 19.3 Å². The van der Waals surface area contributed by atoms with Crippen LogP contribution in [0.5, 0.6) is 0 Å². The van der Waals surface area contributed by atoms with Crippen LogP contribution in [0.25, 0.3) is 11.3 Å². The average Bonchev–Trinajstić information content (AvgIpc) is 3.23. The van der Waals surface area contributed by atoms with Crippen molar-refractivity contribution in [1.29, 1.82) is 0 Å². The molecule has 1 aliphatic rings. The number of carbonyl (C=O) groups excluding carboxylic acids is 2. The van der Waals surface area contributed by atoms with Gasteiger partial charge in [0.2, 0.25) is 5.91 Å². The van der Waals surface area contributed by atoms with Gasteiger partial charge in [0, 0.05) is 36.3 Å². The van der Waals surface area contributed by atoms with E-state index in [1.807, 2.05) is 23.6 Å². The summed E-state index contributed by atoms with van der Waals surface area (Å²) in [5, 5.41) is 12.1. The lowest BCUT2D eigenvalue weighted by Gasteiger charge is -2.17. The van der Waals surface area contributed by atoms with E-state index in [-0.39, 0.29) is 11.8 Å². The van der Waals surface area contributed by atoms with Crippen molar-refractivity contribution in [3.8, 4) is 11.3 Å². The topological polar surface area (TPSA) is 88.9 Å². The van der Waals surface area contributed by atoms with Crippen LogP contribution in [0.1, 0.15) is 22.5 Å². The van der Waals surface area contributed by atoms with Gasteiger partial charge in [-0.05, 0) is 30.2 Å². The normalized spacial score (nSPS) is 13.2. The number of benzene rings is 1. The Labute approximate surface area is 147 Å². The number of anilines is 2. The predicted octanol–water partition coefficient (Wildman–Crippen LogP) is 2.68. The molecule has 126 valence electrons. The number of carbonyl (C=O) groups is 2. The molecule has 0 unspecified atom stereocenters. The molecule has 0 spiro atoms. The largest absolute Gasteiger partial charge is 0.326 e. The van der Waals surface area contributed by atoms with Crippen molar-refractivity contribution in [2.75, 3.05) is 10.6 Å². The molecule has 2 aromatic heterocycles. The van der Waals surface area contributed by atoms with Crippen LogP contribution in [-0.4, -0.2) is 26.6 Å². The van der Waals surface area contributed by atoms with Gasteiger partial charge < -0.3 is 5.32 Å². The molecule has 25 heavy (non-hydrogen) atoms. The first-order chi connectivity index (χ1) is 12.1. The van der Waals surface area contributed by atoms with E-state index in [0.717, 1.165) is 28.9 Å². The van der Waals surface area contributed by atoms with Gasteiger partial charge in [0.25, 0.3) is 5.91 Å². The highest BCUT2D eigenvalue weighted by molar-refractivity contribution is 7.14. The average molecular weight is 353 g/mol. The second kappa shape index (κ2) is 6.14. The molecule has 2 amide bonds. The summed E-state index contributed by atoms with van der Waals surface area (Å²) in [4.78, 5) is 28.2. The lowest BCUT2D eigenvalue weighted by molar-refractivity contribution is -0.116. The van der Waals surface area contributed by atoms with Gasteiger partial charge in [-0.3, -0.25) is 19.6 Å². The summed E-state index contributed by atoms with van der Waals surface area (Å²) < 4.78 is 1.52. The fraction of sp³-hybridized carbons (Fsp3) is 0.176. The monoisotopic (exact) mass is 353 g/mol. The molecule has 0 aliphatic carbocycles. The van der Waals surface area contributed by atoms with E-state index < -0.39 is 0 Å². The number of rotatable bonds is 3. The summed E-state index contributed by atoms with van der Waals surface area (Å²) in [6.07, 6.45) is 2.80. The molecule has 0 fully saturated rings. The van der Waals surface area contributed by atoms with Gasteiger partial charge >= 0.3 is 0 Å². The van der Waals surface area contributed by atoms with Gasteiger partial charge in [-0.15, -0.1) is 11.3 Å². The molecule has 1 aliphatic heterocycles.